The van der Waals surface area contributed by atoms with Crippen LogP contribution in [-0.2, 0) is 5.60 Å². The van der Waals surface area contributed by atoms with Gasteiger partial charge in [0.2, 0.25) is 0 Å². The minimum atomic E-state index is -0.769. The fraction of sp³-hybridized carbons (Fsp3) is 0.700. The summed E-state index contributed by atoms with van der Waals surface area (Å²) in [7, 11) is 0. The average molecular weight is 351 g/mol. The molecule has 24 heavy (non-hydrogen) atoms. The molecule has 0 amide bonds. The lowest BCUT2D eigenvalue weighted by Crippen LogP contribution is -2.33. The van der Waals surface area contributed by atoms with E-state index >= 15 is 0 Å². The van der Waals surface area contributed by atoms with Crippen molar-refractivity contribution < 1.29 is 5.11 Å². The number of nitrogens with one attached hydrogen (secondary N) is 2. The molecule has 0 radical (unpaired) electrons. The van der Waals surface area contributed by atoms with E-state index in [0.717, 1.165) is 23.7 Å². The average Bonchev–Trinajstić information content (AvgIpc) is 2.51. The molecule has 0 saturated heterocycles. The molecule has 0 aromatic heterocycles. The third kappa shape index (κ3) is 6.66. The molecule has 0 heterocycles. The van der Waals surface area contributed by atoms with Gasteiger partial charge in [-0.3, -0.25) is 4.72 Å². The van der Waals surface area contributed by atoms with Gasteiger partial charge in [-0.15, -0.1) is 0 Å². The summed E-state index contributed by atoms with van der Waals surface area (Å²) in [5, 5.41) is 13.6. The maximum absolute atomic E-state index is 10.0. The number of benzene rings is 1. The van der Waals surface area contributed by atoms with Crippen LogP contribution < -0.4 is 10.0 Å². The molecule has 2 rings (SSSR count). The lowest BCUT2D eigenvalue weighted by atomic mass is 9.86. The highest BCUT2D eigenvalue weighted by Crippen LogP contribution is 2.29. The third-order valence-corrected chi connectivity index (χ3v) is 5.63. The Balaban J connectivity index is 1.71. The van der Waals surface area contributed by atoms with Crippen LogP contribution in [0, 0.1) is 5.92 Å². The molecule has 1 aliphatic carbocycles. The first kappa shape index (κ1) is 19.6. The van der Waals surface area contributed by atoms with Crippen molar-refractivity contribution in [2.75, 3.05) is 11.9 Å². The zero-order chi connectivity index (χ0) is 17.8. The zero-order valence-electron chi connectivity index (χ0n) is 15.9. The monoisotopic (exact) mass is 350 g/mol. The third-order valence-electron chi connectivity index (χ3n) is 4.56. The van der Waals surface area contributed by atoms with E-state index in [1.54, 1.807) is 0 Å². The summed E-state index contributed by atoms with van der Waals surface area (Å²) < 4.78 is 3.93. The largest absolute Gasteiger partial charge is 0.386 e. The second kappa shape index (κ2) is 8.11. The summed E-state index contributed by atoms with van der Waals surface area (Å²) in [4.78, 5) is 0. The molecule has 4 heteroatoms. The molecule has 0 aliphatic heterocycles. The molecule has 1 aromatic rings. The van der Waals surface area contributed by atoms with Gasteiger partial charge in [-0.1, -0.05) is 24.1 Å². The summed E-state index contributed by atoms with van der Waals surface area (Å²) in [6, 6.07) is 8.82. The van der Waals surface area contributed by atoms with Crippen molar-refractivity contribution in [3.05, 3.63) is 29.8 Å². The van der Waals surface area contributed by atoms with E-state index < -0.39 is 5.60 Å². The van der Waals surface area contributed by atoms with Crippen LogP contribution in [0.3, 0.4) is 0 Å². The summed E-state index contributed by atoms with van der Waals surface area (Å²) in [6.07, 6.45) is 5.12. The van der Waals surface area contributed by atoms with Crippen molar-refractivity contribution in [1.82, 2.24) is 4.72 Å². The fourth-order valence-electron chi connectivity index (χ4n) is 3.00. The zero-order valence-corrected chi connectivity index (χ0v) is 16.7. The quantitative estimate of drug-likeness (QED) is 0.637. The predicted molar refractivity (Wildman–Crippen MR) is 106 cm³/mol. The summed E-state index contributed by atoms with van der Waals surface area (Å²) >= 11 is 1.87. The first-order valence-electron chi connectivity index (χ1n) is 9.14. The van der Waals surface area contributed by atoms with Gasteiger partial charge in [0, 0.05) is 23.0 Å². The van der Waals surface area contributed by atoms with Crippen molar-refractivity contribution >= 4 is 17.6 Å². The van der Waals surface area contributed by atoms with Gasteiger partial charge < -0.3 is 10.4 Å². The van der Waals surface area contributed by atoms with Crippen LogP contribution in [-0.4, -0.2) is 22.4 Å². The second-order valence-electron chi connectivity index (χ2n) is 8.57. The topological polar surface area (TPSA) is 44.3 Å². The minimum Gasteiger partial charge on any atom is -0.386 e. The molecule has 0 unspecified atom stereocenters. The minimum absolute atomic E-state index is 0.285. The lowest BCUT2D eigenvalue weighted by molar-refractivity contribution is 0.0786. The van der Waals surface area contributed by atoms with E-state index in [2.05, 4.69) is 42.9 Å². The Morgan fingerprint density at radius 2 is 1.58 bits per heavy atom. The van der Waals surface area contributed by atoms with Crippen molar-refractivity contribution in [3.63, 3.8) is 0 Å². The Morgan fingerprint density at radius 1 is 1.00 bits per heavy atom. The molecule has 1 saturated carbocycles. The second-order valence-corrected chi connectivity index (χ2v) is 10.2. The van der Waals surface area contributed by atoms with Crippen LogP contribution >= 0.6 is 11.9 Å². The maximum Gasteiger partial charge on any atom is 0.0840 e. The smallest absolute Gasteiger partial charge is 0.0840 e. The molecule has 3 nitrogen and oxygen atoms in total. The standard InChI is InChI=1S/C20H34N2OS/c1-19(2,3)24-22-18-10-6-15(7-11-18)14-21-17-12-8-16(9-13-17)20(4,5)23/h8-9,12-13,15,18,21-23H,6-7,10-11,14H2,1-5H3. The first-order chi connectivity index (χ1) is 11.1. The number of rotatable bonds is 6. The van der Waals surface area contributed by atoms with Crippen molar-refractivity contribution in [1.29, 1.82) is 0 Å². The SMILES string of the molecule is CC(C)(C)SNC1CCC(CNc2ccc(C(C)(C)O)cc2)CC1. The van der Waals surface area contributed by atoms with Crippen molar-refractivity contribution in [2.45, 2.75) is 76.7 Å². The molecule has 136 valence electrons. The van der Waals surface area contributed by atoms with E-state index in [4.69, 9.17) is 0 Å². The normalized spacial score (nSPS) is 22.4. The first-order valence-corrected chi connectivity index (χ1v) is 9.95. The Kier molecular flexibility index (Phi) is 6.63. The summed E-state index contributed by atoms with van der Waals surface area (Å²) in [6.45, 7) is 11.4. The molecule has 3 N–H and O–H groups in total. The van der Waals surface area contributed by atoms with Gasteiger partial charge in [0.1, 0.15) is 0 Å². The van der Waals surface area contributed by atoms with Crippen LogP contribution in [0.2, 0.25) is 0 Å². The van der Waals surface area contributed by atoms with Crippen molar-refractivity contribution in [3.8, 4) is 0 Å². The number of anilines is 1. The molecule has 0 spiro atoms. The fourth-order valence-corrected chi connectivity index (χ4v) is 3.76. The van der Waals surface area contributed by atoms with Gasteiger partial charge in [-0.05, 0) is 83.9 Å². The number of hydrogen-bond donors (Lipinski definition) is 3. The Bertz CT molecular complexity index is 494. The molecule has 0 atom stereocenters. The highest BCUT2D eigenvalue weighted by molar-refractivity contribution is 7.98. The van der Waals surface area contributed by atoms with E-state index in [1.165, 1.54) is 25.7 Å². The van der Waals surface area contributed by atoms with Crippen LogP contribution in [0.5, 0.6) is 0 Å². The van der Waals surface area contributed by atoms with E-state index in [1.807, 2.05) is 37.9 Å². The van der Waals surface area contributed by atoms with Gasteiger partial charge in [0.25, 0.3) is 0 Å². The van der Waals surface area contributed by atoms with Crippen LogP contribution in [0.4, 0.5) is 5.69 Å². The Hall–Kier alpha value is -0.710. The molecule has 1 aliphatic rings. The molecule has 1 aromatic carbocycles. The number of aliphatic hydroxyl groups is 1. The highest BCUT2D eigenvalue weighted by atomic mass is 32.2. The number of hydrogen-bond acceptors (Lipinski definition) is 4. The lowest BCUT2D eigenvalue weighted by Gasteiger charge is -2.31. The predicted octanol–water partition coefficient (Wildman–Crippen LogP) is 4.92. The maximum atomic E-state index is 10.0. The Morgan fingerprint density at radius 3 is 2.08 bits per heavy atom. The molecule has 0 bridgehead atoms. The van der Waals surface area contributed by atoms with Gasteiger partial charge in [-0.25, -0.2) is 0 Å². The van der Waals surface area contributed by atoms with E-state index in [-0.39, 0.29) is 4.75 Å². The summed E-state index contributed by atoms with van der Waals surface area (Å²) in [5.74, 6) is 0.761. The van der Waals surface area contributed by atoms with E-state index in [0.29, 0.717) is 6.04 Å². The van der Waals surface area contributed by atoms with Crippen LogP contribution in [0.15, 0.2) is 24.3 Å². The molecule has 1 fully saturated rings. The van der Waals surface area contributed by atoms with Gasteiger partial charge in [0.05, 0.1) is 5.60 Å². The highest BCUT2D eigenvalue weighted by Gasteiger charge is 2.22. The Labute approximate surface area is 152 Å². The van der Waals surface area contributed by atoms with E-state index in [9.17, 15) is 5.11 Å². The van der Waals surface area contributed by atoms with Crippen LogP contribution in [0.1, 0.15) is 65.9 Å². The molecular formula is C20H34N2OS. The van der Waals surface area contributed by atoms with Crippen LogP contribution in [0.25, 0.3) is 0 Å². The van der Waals surface area contributed by atoms with Gasteiger partial charge >= 0.3 is 0 Å². The van der Waals surface area contributed by atoms with Crippen molar-refractivity contribution in [2.24, 2.45) is 5.92 Å². The van der Waals surface area contributed by atoms with Gasteiger partial charge in [-0.2, -0.15) is 0 Å². The molecular weight excluding hydrogens is 316 g/mol. The van der Waals surface area contributed by atoms with Gasteiger partial charge in [0.15, 0.2) is 0 Å². The summed E-state index contributed by atoms with van der Waals surface area (Å²) in [5.41, 5.74) is 1.33.